The first-order chi connectivity index (χ1) is 10.3. The molecule has 1 fully saturated rings. The van der Waals surface area contributed by atoms with Crippen LogP contribution in [-0.4, -0.2) is 34.7 Å². The van der Waals surface area contributed by atoms with Crippen LogP contribution in [0.5, 0.6) is 0 Å². The van der Waals surface area contributed by atoms with Gasteiger partial charge in [0, 0.05) is 19.3 Å². The van der Waals surface area contributed by atoms with Crippen molar-refractivity contribution in [2.24, 2.45) is 5.92 Å². The average Bonchev–Trinajstić information content (AvgIpc) is 2.44. The number of rotatable bonds is 3. The molecule has 5 nitrogen and oxygen atoms in total. The summed E-state index contributed by atoms with van der Waals surface area (Å²) in [6, 6.07) is 3.93. The molecule has 1 amide bonds. The molecule has 1 aromatic rings. The van der Waals surface area contributed by atoms with Crippen molar-refractivity contribution >= 4 is 11.9 Å². The molecule has 2 rings (SSSR count). The molecular formula is C17H27N3O2. The number of nitrogen functional groups attached to an aromatic ring is 1. The molecule has 122 valence electrons. The second-order valence-corrected chi connectivity index (χ2v) is 7.06. The molecule has 0 aromatic carbocycles. The summed E-state index contributed by atoms with van der Waals surface area (Å²) < 4.78 is 5.47. The van der Waals surface area contributed by atoms with E-state index < -0.39 is 5.60 Å². The maximum Gasteiger partial charge on any atom is 0.410 e. The summed E-state index contributed by atoms with van der Waals surface area (Å²) in [6.45, 7) is 7.30. The molecule has 1 saturated heterocycles. The van der Waals surface area contributed by atoms with Gasteiger partial charge < -0.3 is 15.4 Å². The zero-order valence-electron chi connectivity index (χ0n) is 13.8. The Balaban J connectivity index is 1.84. The Kier molecular flexibility index (Phi) is 5.27. The lowest BCUT2D eigenvalue weighted by atomic mass is 9.92. The smallest absolute Gasteiger partial charge is 0.410 e. The number of pyridine rings is 1. The predicted octanol–water partition coefficient (Wildman–Crippen LogP) is 3.24. The number of ether oxygens (including phenoxy) is 1. The molecule has 1 aliphatic rings. The van der Waals surface area contributed by atoms with Crippen molar-refractivity contribution in [2.75, 3.05) is 18.8 Å². The fourth-order valence-corrected chi connectivity index (χ4v) is 2.81. The van der Waals surface area contributed by atoms with E-state index in [-0.39, 0.29) is 6.09 Å². The van der Waals surface area contributed by atoms with Crippen molar-refractivity contribution in [3.05, 3.63) is 23.9 Å². The largest absolute Gasteiger partial charge is 0.444 e. The minimum absolute atomic E-state index is 0.189. The Labute approximate surface area is 132 Å². The Morgan fingerprint density at radius 2 is 2.27 bits per heavy atom. The van der Waals surface area contributed by atoms with Gasteiger partial charge in [-0.3, -0.25) is 0 Å². The van der Waals surface area contributed by atoms with Gasteiger partial charge in [-0.2, -0.15) is 0 Å². The van der Waals surface area contributed by atoms with E-state index in [0.29, 0.717) is 11.7 Å². The van der Waals surface area contributed by atoms with E-state index in [4.69, 9.17) is 10.5 Å². The van der Waals surface area contributed by atoms with Crippen molar-refractivity contribution in [2.45, 2.75) is 52.1 Å². The van der Waals surface area contributed by atoms with Gasteiger partial charge in [-0.25, -0.2) is 9.78 Å². The molecule has 1 aromatic heterocycles. The molecular weight excluding hydrogens is 278 g/mol. The van der Waals surface area contributed by atoms with Gasteiger partial charge in [0.25, 0.3) is 0 Å². The third kappa shape index (κ3) is 5.20. The Morgan fingerprint density at radius 1 is 1.50 bits per heavy atom. The lowest BCUT2D eigenvalue weighted by molar-refractivity contribution is 0.0162. The van der Waals surface area contributed by atoms with E-state index in [1.54, 1.807) is 6.20 Å². The zero-order chi connectivity index (χ0) is 16.2. The molecule has 22 heavy (non-hydrogen) atoms. The lowest BCUT2D eigenvalue weighted by Crippen LogP contribution is -2.42. The molecule has 0 radical (unpaired) electrons. The van der Waals surface area contributed by atoms with Crippen molar-refractivity contribution in [3.8, 4) is 0 Å². The summed E-state index contributed by atoms with van der Waals surface area (Å²) in [7, 11) is 0. The third-order valence-corrected chi connectivity index (χ3v) is 3.86. The minimum atomic E-state index is -0.432. The highest BCUT2D eigenvalue weighted by atomic mass is 16.6. The van der Waals surface area contributed by atoms with Crippen LogP contribution in [0.25, 0.3) is 0 Å². The maximum absolute atomic E-state index is 12.2. The number of piperidine rings is 1. The van der Waals surface area contributed by atoms with Gasteiger partial charge in [-0.15, -0.1) is 0 Å². The first kappa shape index (κ1) is 16.6. The molecule has 1 aliphatic heterocycles. The molecule has 0 saturated carbocycles. The fraction of sp³-hybridized carbons (Fsp3) is 0.647. The maximum atomic E-state index is 12.2. The number of aromatic nitrogens is 1. The molecule has 2 heterocycles. The minimum Gasteiger partial charge on any atom is -0.444 e. The van der Waals surface area contributed by atoms with Crippen molar-refractivity contribution in [1.82, 2.24) is 9.88 Å². The van der Waals surface area contributed by atoms with Crippen molar-refractivity contribution in [1.29, 1.82) is 0 Å². The van der Waals surface area contributed by atoms with E-state index >= 15 is 0 Å². The number of nitrogens with two attached hydrogens (primary N) is 1. The number of amides is 1. The topological polar surface area (TPSA) is 68.5 Å². The van der Waals surface area contributed by atoms with Gasteiger partial charge in [0.05, 0.1) is 0 Å². The van der Waals surface area contributed by atoms with Gasteiger partial charge >= 0.3 is 6.09 Å². The van der Waals surface area contributed by atoms with Crippen LogP contribution in [0.2, 0.25) is 0 Å². The van der Waals surface area contributed by atoms with Crippen LogP contribution < -0.4 is 5.73 Å². The van der Waals surface area contributed by atoms with E-state index in [9.17, 15) is 4.79 Å². The highest BCUT2D eigenvalue weighted by Crippen LogP contribution is 2.23. The molecule has 0 aliphatic carbocycles. The van der Waals surface area contributed by atoms with E-state index in [2.05, 4.69) is 4.98 Å². The third-order valence-electron chi connectivity index (χ3n) is 3.86. The van der Waals surface area contributed by atoms with E-state index in [0.717, 1.165) is 32.4 Å². The number of aryl methyl sites for hydroxylation is 1. The summed E-state index contributed by atoms with van der Waals surface area (Å²) in [4.78, 5) is 18.0. The number of hydrogen-bond acceptors (Lipinski definition) is 4. The molecule has 1 atom stereocenters. The van der Waals surface area contributed by atoms with Crippen LogP contribution >= 0.6 is 0 Å². The van der Waals surface area contributed by atoms with Crippen LogP contribution in [0.3, 0.4) is 0 Å². The fourth-order valence-electron chi connectivity index (χ4n) is 2.81. The Hall–Kier alpha value is -1.78. The zero-order valence-corrected chi connectivity index (χ0v) is 13.8. The van der Waals surface area contributed by atoms with Gasteiger partial charge in [0.2, 0.25) is 0 Å². The standard InChI is InChI=1S/C17H27N3O2/c1-17(2,3)22-16(21)20-10-4-5-14(12-20)7-6-13-8-9-19-15(18)11-13/h8-9,11,14H,4-7,10,12H2,1-3H3,(H2,18,19)/t14-/m1/s1. The second-order valence-electron chi connectivity index (χ2n) is 7.06. The van der Waals surface area contributed by atoms with Gasteiger partial charge in [-0.1, -0.05) is 0 Å². The number of carbonyl (C=O) groups is 1. The van der Waals surface area contributed by atoms with Crippen LogP contribution in [0.4, 0.5) is 10.6 Å². The first-order valence-corrected chi connectivity index (χ1v) is 8.02. The Bertz CT molecular complexity index is 511. The predicted molar refractivity (Wildman–Crippen MR) is 87.5 cm³/mol. The summed E-state index contributed by atoms with van der Waals surface area (Å²) in [5.41, 5.74) is 6.49. The second kappa shape index (κ2) is 6.99. The van der Waals surface area contributed by atoms with E-state index in [1.807, 2.05) is 37.8 Å². The van der Waals surface area contributed by atoms with Crippen molar-refractivity contribution in [3.63, 3.8) is 0 Å². The number of carbonyl (C=O) groups excluding carboxylic acids is 1. The van der Waals surface area contributed by atoms with Gasteiger partial charge in [-0.05, 0) is 70.1 Å². The summed E-state index contributed by atoms with van der Waals surface area (Å²) in [5, 5.41) is 0. The molecule has 0 unspecified atom stereocenters. The summed E-state index contributed by atoms with van der Waals surface area (Å²) in [6.07, 6.45) is 5.80. The quantitative estimate of drug-likeness (QED) is 0.930. The monoisotopic (exact) mass is 305 g/mol. The Morgan fingerprint density at radius 3 is 2.95 bits per heavy atom. The average molecular weight is 305 g/mol. The number of hydrogen-bond donors (Lipinski definition) is 1. The highest BCUT2D eigenvalue weighted by Gasteiger charge is 2.27. The number of nitrogens with zero attached hydrogens (tertiary/aromatic N) is 2. The lowest BCUT2D eigenvalue weighted by Gasteiger charge is -2.34. The summed E-state index contributed by atoms with van der Waals surface area (Å²) >= 11 is 0. The number of likely N-dealkylation sites (tertiary alicyclic amines) is 1. The van der Waals surface area contributed by atoms with Crippen LogP contribution in [0.15, 0.2) is 18.3 Å². The highest BCUT2D eigenvalue weighted by molar-refractivity contribution is 5.68. The van der Waals surface area contributed by atoms with Gasteiger partial charge in [0.15, 0.2) is 0 Å². The van der Waals surface area contributed by atoms with Crippen LogP contribution in [0.1, 0.15) is 45.6 Å². The van der Waals surface area contributed by atoms with Crippen molar-refractivity contribution < 1.29 is 9.53 Å². The van der Waals surface area contributed by atoms with Crippen LogP contribution in [0, 0.1) is 5.92 Å². The molecule has 0 bridgehead atoms. The molecule has 2 N–H and O–H groups in total. The summed E-state index contributed by atoms with van der Waals surface area (Å²) in [5.74, 6) is 1.09. The van der Waals surface area contributed by atoms with E-state index in [1.165, 1.54) is 12.0 Å². The van der Waals surface area contributed by atoms with Crippen LogP contribution in [-0.2, 0) is 11.2 Å². The number of anilines is 1. The molecule has 5 heteroatoms. The normalized spacial score (nSPS) is 19.0. The molecule has 0 spiro atoms. The first-order valence-electron chi connectivity index (χ1n) is 8.02. The van der Waals surface area contributed by atoms with Gasteiger partial charge in [0.1, 0.15) is 11.4 Å². The SMILES string of the molecule is CC(C)(C)OC(=O)N1CCC[C@H](CCc2ccnc(N)c2)C1.